The average Bonchev–Trinajstić information content (AvgIpc) is 3.26. The second kappa shape index (κ2) is 11.7. The fraction of sp³-hybridized carbons (Fsp3) is 0.276. The molecule has 0 spiro atoms. The summed E-state index contributed by atoms with van der Waals surface area (Å²) in [6.07, 6.45) is 0.635. The fourth-order valence-electron chi connectivity index (χ4n) is 4.05. The van der Waals surface area contributed by atoms with E-state index in [-0.39, 0.29) is 17.5 Å². The maximum atomic E-state index is 13.9. The maximum absolute atomic E-state index is 13.9. The van der Waals surface area contributed by atoms with Crippen LogP contribution in [0.1, 0.15) is 31.5 Å². The van der Waals surface area contributed by atoms with Gasteiger partial charge in [-0.2, -0.15) is 9.40 Å². The van der Waals surface area contributed by atoms with Crippen molar-refractivity contribution < 1.29 is 22.6 Å². The van der Waals surface area contributed by atoms with Crippen LogP contribution in [0.25, 0.3) is 5.69 Å². The van der Waals surface area contributed by atoms with Gasteiger partial charge < -0.3 is 14.2 Å². The lowest BCUT2D eigenvalue weighted by Gasteiger charge is -2.28. The van der Waals surface area contributed by atoms with Crippen molar-refractivity contribution in [3.8, 4) is 28.8 Å². The van der Waals surface area contributed by atoms with Gasteiger partial charge in [0.2, 0.25) is 15.9 Å². The summed E-state index contributed by atoms with van der Waals surface area (Å²) in [5.74, 6) is 2.34. The number of sulfonamides is 1. The van der Waals surface area contributed by atoms with Crippen LogP contribution in [0.5, 0.6) is 23.1 Å². The zero-order chi connectivity index (χ0) is 27.3. The van der Waals surface area contributed by atoms with Crippen molar-refractivity contribution in [3.63, 3.8) is 0 Å². The predicted octanol–water partition coefficient (Wildman–Crippen LogP) is 5.98. The molecule has 1 atom stereocenters. The van der Waals surface area contributed by atoms with E-state index in [0.717, 1.165) is 5.69 Å². The monoisotopic (exact) mass is 535 g/mol. The second-order valence-electron chi connectivity index (χ2n) is 8.88. The summed E-state index contributed by atoms with van der Waals surface area (Å²) in [6, 6.07) is 23.0. The van der Waals surface area contributed by atoms with Crippen LogP contribution in [0.15, 0.2) is 83.8 Å². The minimum absolute atomic E-state index is 0.0908. The normalized spacial score (nSPS) is 12.4. The summed E-state index contributed by atoms with van der Waals surface area (Å²) >= 11 is 0. The van der Waals surface area contributed by atoms with Crippen LogP contribution in [-0.2, 0) is 16.6 Å². The molecule has 4 rings (SSSR count). The Hall–Kier alpha value is -3.82. The van der Waals surface area contributed by atoms with Crippen molar-refractivity contribution in [2.24, 2.45) is 0 Å². The standard InChI is InChI=1S/C29H33N3O5S/c1-6-21(2)31(38(33,34)27-18-16-25(36-5)17-19-27)20-28-22(3)30-32(23-10-8-7-9-11-23)29(28)37-26-14-12-24(35-4)13-15-26/h7-19,21H,6,20H2,1-5H3. The Morgan fingerprint density at radius 3 is 1.97 bits per heavy atom. The first-order valence-electron chi connectivity index (χ1n) is 12.4. The number of nitrogens with zero attached hydrogens (tertiary/aromatic N) is 3. The van der Waals surface area contributed by atoms with E-state index < -0.39 is 10.0 Å². The van der Waals surface area contributed by atoms with Crippen LogP contribution >= 0.6 is 0 Å². The van der Waals surface area contributed by atoms with Gasteiger partial charge in [0.25, 0.3) is 0 Å². The smallest absolute Gasteiger partial charge is 0.243 e. The van der Waals surface area contributed by atoms with E-state index in [1.807, 2.05) is 63.2 Å². The number of hydrogen-bond acceptors (Lipinski definition) is 6. The zero-order valence-corrected chi connectivity index (χ0v) is 23.1. The number of rotatable bonds is 11. The third-order valence-electron chi connectivity index (χ3n) is 6.47. The van der Waals surface area contributed by atoms with Gasteiger partial charge in [0.15, 0.2) is 0 Å². The molecule has 0 radical (unpaired) electrons. The van der Waals surface area contributed by atoms with Crippen LogP contribution < -0.4 is 14.2 Å². The first-order valence-corrected chi connectivity index (χ1v) is 13.8. The lowest BCUT2D eigenvalue weighted by Crippen LogP contribution is -2.38. The van der Waals surface area contributed by atoms with Gasteiger partial charge in [0.1, 0.15) is 17.2 Å². The van der Waals surface area contributed by atoms with Crippen molar-refractivity contribution in [1.82, 2.24) is 14.1 Å². The van der Waals surface area contributed by atoms with Gasteiger partial charge >= 0.3 is 0 Å². The number of hydrogen-bond donors (Lipinski definition) is 0. The lowest BCUT2D eigenvalue weighted by molar-refractivity contribution is 0.317. The summed E-state index contributed by atoms with van der Waals surface area (Å²) in [4.78, 5) is 0.198. The van der Waals surface area contributed by atoms with Crippen molar-refractivity contribution in [3.05, 3.63) is 90.1 Å². The molecule has 0 saturated heterocycles. The Morgan fingerprint density at radius 1 is 0.868 bits per heavy atom. The van der Waals surface area contributed by atoms with Gasteiger partial charge in [0.05, 0.1) is 36.1 Å². The Kier molecular flexibility index (Phi) is 8.38. The Balaban J connectivity index is 1.80. The summed E-state index contributed by atoms with van der Waals surface area (Å²) < 4.78 is 47.8. The molecule has 0 aliphatic carbocycles. The van der Waals surface area contributed by atoms with E-state index in [2.05, 4.69) is 0 Å². The fourth-order valence-corrected chi connectivity index (χ4v) is 5.72. The number of aromatic nitrogens is 2. The number of methoxy groups -OCH3 is 2. The van der Waals surface area contributed by atoms with Crippen LogP contribution in [0.4, 0.5) is 0 Å². The van der Waals surface area contributed by atoms with Crippen molar-refractivity contribution in [2.45, 2.75) is 44.7 Å². The maximum Gasteiger partial charge on any atom is 0.243 e. The van der Waals surface area contributed by atoms with E-state index in [0.29, 0.717) is 40.8 Å². The van der Waals surface area contributed by atoms with Crippen molar-refractivity contribution >= 4 is 10.0 Å². The highest BCUT2D eigenvalue weighted by Crippen LogP contribution is 2.34. The van der Waals surface area contributed by atoms with Crippen molar-refractivity contribution in [1.29, 1.82) is 0 Å². The van der Waals surface area contributed by atoms with Crippen molar-refractivity contribution in [2.75, 3.05) is 14.2 Å². The largest absolute Gasteiger partial charge is 0.497 e. The quantitative estimate of drug-likeness (QED) is 0.235. The van der Waals surface area contributed by atoms with Gasteiger partial charge in [-0.3, -0.25) is 0 Å². The molecule has 0 bridgehead atoms. The predicted molar refractivity (Wildman–Crippen MR) is 147 cm³/mol. The van der Waals surface area contributed by atoms with E-state index in [1.165, 1.54) is 4.31 Å². The third-order valence-corrected chi connectivity index (χ3v) is 8.45. The molecular weight excluding hydrogens is 502 g/mol. The molecule has 1 unspecified atom stereocenters. The number of ether oxygens (including phenoxy) is 3. The van der Waals surface area contributed by atoms with Crippen LogP contribution in [0.2, 0.25) is 0 Å². The molecule has 0 N–H and O–H groups in total. The molecule has 8 nitrogen and oxygen atoms in total. The second-order valence-corrected chi connectivity index (χ2v) is 10.8. The lowest BCUT2D eigenvalue weighted by atomic mass is 10.2. The Morgan fingerprint density at radius 2 is 1.42 bits per heavy atom. The number of benzene rings is 3. The average molecular weight is 536 g/mol. The number of aryl methyl sites for hydroxylation is 1. The van der Waals surface area contributed by atoms with E-state index in [9.17, 15) is 8.42 Å². The molecule has 9 heteroatoms. The number of para-hydroxylation sites is 1. The van der Waals surface area contributed by atoms with Crippen LogP contribution in [0.3, 0.4) is 0 Å². The topological polar surface area (TPSA) is 82.9 Å². The summed E-state index contributed by atoms with van der Waals surface area (Å²) in [5.41, 5.74) is 2.16. The summed E-state index contributed by atoms with van der Waals surface area (Å²) in [7, 11) is -0.684. The molecule has 0 aliphatic heterocycles. The molecule has 1 heterocycles. The minimum atomic E-state index is -3.84. The van der Waals surface area contributed by atoms with Gasteiger partial charge in [0, 0.05) is 12.6 Å². The molecule has 1 aromatic heterocycles. The van der Waals surface area contributed by atoms with Crippen LogP contribution in [-0.4, -0.2) is 42.8 Å². The first-order chi connectivity index (χ1) is 18.3. The molecule has 4 aromatic rings. The van der Waals surface area contributed by atoms with E-state index in [4.69, 9.17) is 19.3 Å². The van der Waals surface area contributed by atoms with E-state index >= 15 is 0 Å². The molecule has 0 saturated carbocycles. The molecule has 0 fully saturated rings. The molecule has 0 aliphatic rings. The van der Waals surface area contributed by atoms with Gasteiger partial charge in [-0.25, -0.2) is 13.1 Å². The zero-order valence-electron chi connectivity index (χ0n) is 22.3. The highest BCUT2D eigenvalue weighted by atomic mass is 32.2. The first kappa shape index (κ1) is 27.2. The Labute approximate surface area is 224 Å². The molecule has 3 aromatic carbocycles. The molecule has 0 amide bonds. The summed E-state index contributed by atoms with van der Waals surface area (Å²) in [5, 5.41) is 4.76. The van der Waals surface area contributed by atoms with Gasteiger partial charge in [-0.1, -0.05) is 25.1 Å². The van der Waals surface area contributed by atoms with Gasteiger partial charge in [-0.15, -0.1) is 0 Å². The molecule has 200 valence electrons. The highest BCUT2D eigenvalue weighted by molar-refractivity contribution is 7.89. The molecule has 38 heavy (non-hydrogen) atoms. The SMILES string of the molecule is CCC(C)N(Cc1c(C)nn(-c2ccccc2)c1Oc1ccc(OC)cc1)S(=O)(=O)c1ccc(OC)cc1. The highest BCUT2D eigenvalue weighted by Gasteiger charge is 2.32. The summed E-state index contributed by atoms with van der Waals surface area (Å²) in [6.45, 7) is 5.83. The minimum Gasteiger partial charge on any atom is -0.497 e. The van der Waals surface area contributed by atoms with Gasteiger partial charge in [-0.05, 0) is 80.9 Å². The third kappa shape index (κ3) is 5.69. The van der Waals surface area contributed by atoms with E-state index in [1.54, 1.807) is 55.3 Å². The Bertz CT molecular complexity index is 1450. The van der Waals surface area contributed by atoms with Crippen LogP contribution in [0, 0.1) is 6.92 Å². The molecular formula is C29H33N3O5S.